The van der Waals surface area contributed by atoms with Crippen LogP contribution in [0.5, 0.6) is 28.7 Å². The minimum Gasteiger partial charge on any atom is -0.502 e. The van der Waals surface area contributed by atoms with Gasteiger partial charge in [-0.25, -0.2) is 0 Å². The van der Waals surface area contributed by atoms with Gasteiger partial charge in [-0.1, -0.05) is 12.1 Å². The summed E-state index contributed by atoms with van der Waals surface area (Å²) >= 11 is 0. The molecule has 0 bridgehead atoms. The molecule has 1 aliphatic heterocycles. The number of hydrogen-bond donors (Lipinski definition) is 1. The molecule has 5 nitrogen and oxygen atoms in total. The van der Waals surface area contributed by atoms with E-state index in [0.29, 0.717) is 18.1 Å². The van der Waals surface area contributed by atoms with Gasteiger partial charge < -0.3 is 24.1 Å². The van der Waals surface area contributed by atoms with Crippen molar-refractivity contribution in [3.63, 3.8) is 0 Å². The lowest BCUT2D eigenvalue weighted by atomic mass is 9.89. The highest BCUT2D eigenvalue weighted by Crippen LogP contribution is 2.44. The molecule has 1 heterocycles. The third-order valence-corrected chi connectivity index (χ3v) is 4.17. The largest absolute Gasteiger partial charge is 0.502 e. The van der Waals surface area contributed by atoms with Gasteiger partial charge in [0.25, 0.3) is 0 Å². The molecule has 0 amide bonds. The van der Waals surface area contributed by atoms with Gasteiger partial charge >= 0.3 is 0 Å². The summed E-state index contributed by atoms with van der Waals surface area (Å²) in [6, 6.07) is 9.49. The van der Waals surface area contributed by atoms with E-state index in [1.54, 1.807) is 20.3 Å². The standard InChI is InChI=1S/C18H20O5/c1-20-13-5-4-11-8-12(10-23-16(11)9-13)14-6-7-15(21-2)17(19)18(14)22-3/h4-7,9,12,19H,8,10H2,1-3H3/t12-/m1/s1. The second-order valence-electron chi connectivity index (χ2n) is 5.42. The highest BCUT2D eigenvalue weighted by Gasteiger charge is 2.26. The Bertz CT molecular complexity index is 711. The highest BCUT2D eigenvalue weighted by molar-refractivity contribution is 5.56. The molecule has 0 radical (unpaired) electrons. The van der Waals surface area contributed by atoms with E-state index in [2.05, 4.69) is 0 Å². The number of hydrogen-bond acceptors (Lipinski definition) is 5. The van der Waals surface area contributed by atoms with Crippen molar-refractivity contribution in [2.24, 2.45) is 0 Å². The van der Waals surface area contributed by atoms with Gasteiger partial charge in [-0.2, -0.15) is 0 Å². The molecule has 2 aromatic rings. The molecule has 0 spiro atoms. The van der Waals surface area contributed by atoms with E-state index < -0.39 is 0 Å². The SMILES string of the molecule is COc1ccc2c(c1)OC[C@H](c1ccc(OC)c(O)c1OC)C2. The Kier molecular flexibility index (Phi) is 4.19. The molecule has 1 aliphatic rings. The molecule has 0 aromatic heterocycles. The molecule has 0 aliphatic carbocycles. The van der Waals surface area contributed by atoms with Crippen LogP contribution in [0.2, 0.25) is 0 Å². The topological polar surface area (TPSA) is 57.2 Å². The Morgan fingerprint density at radius 1 is 1.04 bits per heavy atom. The number of ether oxygens (including phenoxy) is 4. The molecule has 3 rings (SSSR count). The van der Waals surface area contributed by atoms with E-state index in [4.69, 9.17) is 18.9 Å². The van der Waals surface area contributed by atoms with Crippen LogP contribution in [-0.2, 0) is 6.42 Å². The van der Waals surface area contributed by atoms with Crippen molar-refractivity contribution in [2.75, 3.05) is 27.9 Å². The number of aromatic hydroxyl groups is 1. The van der Waals surface area contributed by atoms with Gasteiger partial charge in [0.2, 0.25) is 5.75 Å². The summed E-state index contributed by atoms with van der Waals surface area (Å²) in [7, 11) is 4.69. The predicted octanol–water partition coefficient (Wildman–Crippen LogP) is 3.14. The summed E-state index contributed by atoms with van der Waals surface area (Å²) in [4.78, 5) is 0. The maximum absolute atomic E-state index is 10.3. The average molecular weight is 316 g/mol. The number of methoxy groups -OCH3 is 3. The van der Waals surface area contributed by atoms with Crippen LogP contribution in [0.4, 0.5) is 0 Å². The Balaban J connectivity index is 1.93. The molecule has 1 atom stereocenters. The van der Waals surface area contributed by atoms with Gasteiger partial charge in [0.15, 0.2) is 11.5 Å². The Hall–Kier alpha value is -2.56. The second kappa shape index (κ2) is 6.28. The molecule has 2 aromatic carbocycles. The van der Waals surface area contributed by atoms with Crippen LogP contribution in [0.3, 0.4) is 0 Å². The zero-order chi connectivity index (χ0) is 16.4. The fourth-order valence-electron chi connectivity index (χ4n) is 2.95. The van der Waals surface area contributed by atoms with Crippen LogP contribution in [0, 0.1) is 0 Å². The van der Waals surface area contributed by atoms with Crippen LogP contribution >= 0.6 is 0 Å². The maximum atomic E-state index is 10.3. The number of phenols is 1. The van der Waals surface area contributed by atoms with Gasteiger partial charge in [-0.05, 0) is 24.1 Å². The zero-order valence-electron chi connectivity index (χ0n) is 13.5. The lowest BCUT2D eigenvalue weighted by Crippen LogP contribution is -2.19. The molecule has 0 saturated carbocycles. The van der Waals surface area contributed by atoms with Gasteiger partial charge in [0.1, 0.15) is 11.5 Å². The Morgan fingerprint density at radius 2 is 1.87 bits per heavy atom. The van der Waals surface area contributed by atoms with Crippen LogP contribution < -0.4 is 18.9 Å². The third kappa shape index (κ3) is 2.74. The van der Waals surface area contributed by atoms with E-state index in [1.807, 2.05) is 24.3 Å². The number of fused-ring (bicyclic) bond motifs is 1. The Labute approximate surface area is 135 Å². The first-order valence-corrected chi connectivity index (χ1v) is 7.41. The molecule has 0 saturated heterocycles. The van der Waals surface area contributed by atoms with Crippen molar-refractivity contribution in [2.45, 2.75) is 12.3 Å². The van der Waals surface area contributed by atoms with E-state index in [9.17, 15) is 5.11 Å². The van der Waals surface area contributed by atoms with Gasteiger partial charge in [0.05, 0.1) is 27.9 Å². The van der Waals surface area contributed by atoms with Crippen molar-refractivity contribution in [3.8, 4) is 28.7 Å². The van der Waals surface area contributed by atoms with Gasteiger partial charge in [-0.15, -0.1) is 0 Å². The van der Waals surface area contributed by atoms with Crippen LogP contribution in [-0.4, -0.2) is 33.0 Å². The molecule has 23 heavy (non-hydrogen) atoms. The van der Waals surface area contributed by atoms with Crippen LogP contribution in [0.1, 0.15) is 17.0 Å². The van der Waals surface area contributed by atoms with E-state index in [1.165, 1.54) is 7.11 Å². The molecule has 0 unspecified atom stereocenters. The van der Waals surface area contributed by atoms with Gasteiger partial charge in [-0.3, -0.25) is 0 Å². The quantitative estimate of drug-likeness (QED) is 0.939. The fourth-order valence-corrected chi connectivity index (χ4v) is 2.95. The molecule has 5 heteroatoms. The lowest BCUT2D eigenvalue weighted by Gasteiger charge is -2.27. The first kappa shape index (κ1) is 15.3. The monoisotopic (exact) mass is 316 g/mol. The first-order chi connectivity index (χ1) is 11.2. The smallest absolute Gasteiger partial charge is 0.201 e. The zero-order valence-corrected chi connectivity index (χ0v) is 13.5. The van der Waals surface area contributed by atoms with E-state index >= 15 is 0 Å². The first-order valence-electron chi connectivity index (χ1n) is 7.41. The maximum Gasteiger partial charge on any atom is 0.201 e. The number of rotatable bonds is 4. The number of phenolic OH excluding ortho intramolecular Hbond substituents is 1. The van der Waals surface area contributed by atoms with Crippen molar-refractivity contribution in [3.05, 3.63) is 41.5 Å². The summed E-state index contributed by atoms with van der Waals surface area (Å²) in [5.41, 5.74) is 2.02. The lowest BCUT2D eigenvalue weighted by molar-refractivity contribution is 0.255. The Morgan fingerprint density at radius 3 is 2.57 bits per heavy atom. The summed E-state index contributed by atoms with van der Waals surface area (Å²) in [6.07, 6.45) is 0.807. The van der Waals surface area contributed by atoms with Crippen molar-refractivity contribution < 1.29 is 24.1 Å². The van der Waals surface area contributed by atoms with Gasteiger partial charge in [0, 0.05) is 17.5 Å². The minimum absolute atomic E-state index is 0.0213. The molecular weight excluding hydrogens is 296 g/mol. The molecule has 1 N–H and O–H groups in total. The summed E-state index contributed by atoms with van der Waals surface area (Å²) < 4.78 is 21.6. The fraction of sp³-hybridized carbons (Fsp3) is 0.333. The summed E-state index contributed by atoms with van der Waals surface area (Å²) in [5, 5.41) is 10.3. The van der Waals surface area contributed by atoms with Crippen LogP contribution in [0.25, 0.3) is 0 Å². The van der Waals surface area contributed by atoms with Crippen molar-refractivity contribution in [1.82, 2.24) is 0 Å². The summed E-state index contributed by atoms with van der Waals surface area (Å²) in [6.45, 7) is 0.516. The molecule has 0 fully saturated rings. The summed E-state index contributed by atoms with van der Waals surface area (Å²) in [5.74, 6) is 2.58. The number of benzene rings is 2. The van der Waals surface area contributed by atoms with Crippen molar-refractivity contribution in [1.29, 1.82) is 0 Å². The normalized spacial score (nSPS) is 16.2. The highest BCUT2D eigenvalue weighted by atomic mass is 16.5. The van der Waals surface area contributed by atoms with E-state index in [0.717, 1.165) is 29.0 Å². The predicted molar refractivity (Wildman–Crippen MR) is 86.1 cm³/mol. The van der Waals surface area contributed by atoms with E-state index in [-0.39, 0.29) is 11.7 Å². The van der Waals surface area contributed by atoms with Crippen molar-refractivity contribution >= 4 is 0 Å². The molecule has 122 valence electrons. The molecular formula is C18H20O5. The third-order valence-electron chi connectivity index (χ3n) is 4.17. The second-order valence-corrected chi connectivity index (χ2v) is 5.42. The average Bonchev–Trinajstić information content (AvgIpc) is 2.60. The van der Waals surface area contributed by atoms with Crippen LogP contribution in [0.15, 0.2) is 30.3 Å². The minimum atomic E-state index is 0.0213.